The highest BCUT2D eigenvalue weighted by molar-refractivity contribution is 5.94. The lowest BCUT2D eigenvalue weighted by Crippen LogP contribution is -2.44. The lowest BCUT2D eigenvalue weighted by atomic mass is 10.1. The lowest BCUT2D eigenvalue weighted by molar-refractivity contribution is -0.0704. The number of amides is 1. The molecule has 6 nitrogen and oxygen atoms in total. The summed E-state index contributed by atoms with van der Waals surface area (Å²) >= 11 is 0. The number of carbonyl (C=O) groups excluding carboxylic acids is 1. The molecule has 29 heavy (non-hydrogen) atoms. The molecule has 2 atom stereocenters. The van der Waals surface area contributed by atoms with Crippen molar-refractivity contribution in [1.29, 1.82) is 0 Å². The standard InChI is InChI=1S/C23H30N2O4/c1-17-14-25(15-18(2)29-17)16-19-4-6-20(7-5-19)23(26)24-12-13-28-22-10-8-21(27-3)9-11-22/h4-11,17-18H,12-16H2,1-3H3,(H,24,26)/t17-,18-/m0/s1. The Hall–Kier alpha value is -2.57. The maximum Gasteiger partial charge on any atom is 0.251 e. The first-order valence-corrected chi connectivity index (χ1v) is 10.1. The smallest absolute Gasteiger partial charge is 0.251 e. The van der Waals surface area contributed by atoms with Gasteiger partial charge in [-0.1, -0.05) is 12.1 Å². The van der Waals surface area contributed by atoms with Crippen LogP contribution in [0.15, 0.2) is 48.5 Å². The molecule has 1 saturated heterocycles. The van der Waals surface area contributed by atoms with Crippen molar-refractivity contribution in [3.63, 3.8) is 0 Å². The zero-order chi connectivity index (χ0) is 20.6. The second-order valence-corrected chi connectivity index (χ2v) is 7.43. The molecule has 156 valence electrons. The van der Waals surface area contributed by atoms with Crippen LogP contribution in [0, 0.1) is 0 Å². The Bertz CT molecular complexity index is 766. The summed E-state index contributed by atoms with van der Waals surface area (Å²) in [6, 6.07) is 15.2. The molecular formula is C23H30N2O4. The molecule has 0 radical (unpaired) electrons. The van der Waals surface area contributed by atoms with Crippen LogP contribution in [0.3, 0.4) is 0 Å². The minimum atomic E-state index is -0.0940. The molecule has 0 saturated carbocycles. The number of methoxy groups -OCH3 is 1. The average molecular weight is 399 g/mol. The zero-order valence-corrected chi connectivity index (χ0v) is 17.4. The number of hydrogen-bond donors (Lipinski definition) is 1. The number of morpholine rings is 1. The van der Waals surface area contributed by atoms with Crippen LogP contribution in [0.5, 0.6) is 11.5 Å². The fraction of sp³-hybridized carbons (Fsp3) is 0.435. The summed E-state index contributed by atoms with van der Waals surface area (Å²) in [4.78, 5) is 14.7. The van der Waals surface area contributed by atoms with E-state index in [1.165, 1.54) is 5.56 Å². The second-order valence-electron chi connectivity index (χ2n) is 7.43. The Morgan fingerprint density at radius 2 is 1.66 bits per heavy atom. The second kappa shape index (κ2) is 10.3. The van der Waals surface area contributed by atoms with Crippen molar-refractivity contribution in [1.82, 2.24) is 10.2 Å². The van der Waals surface area contributed by atoms with Gasteiger partial charge < -0.3 is 19.5 Å². The molecule has 1 amide bonds. The van der Waals surface area contributed by atoms with Gasteiger partial charge in [0, 0.05) is 25.2 Å². The summed E-state index contributed by atoms with van der Waals surface area (Å²) in [5, 5.41) is 2.89. The van der Waals surface area contributed by atoms with E-state index in [2.05, 4.69) is 24.1 Å². The summed E-state index contributed by atoms with van der Waals surface area (Å²) in [6.45, 7) is 7.79. The van der Waals surface area contributed by atoms with Gasteiger partial charge in [-0.15, -0.1) is 0 Å². The van der Waals surface area contributed by atoms with E-state index in [1.807, 2.05) is 48.5 Å². The quantitative estimate of drug-likeness (QED) is 0.693. The Kier molecular flexibility index (Phi) is 7.49. The number of nitrogens with zero attached hydrogens (tertiary/aromatic N) is 1. The molecular weight excluding hydrogens is 368 g/mol. The minimum absolute atomic E-state index is 0.0940. The topological polar surface area (TPSA) is 60.0 Å². The van der Waals surface area contributed by atoms with Gasteiger partial charge in [-0.25, -0.2) is 0 Å². The summed E-state index contributed by atoms with van der Waals surface area (Å²) < 4.78 is 16.5. The van der Waals surface area contributed by atoms with Gasteiger partial charge >= 0.3 is 0 Å². The van der Waals surface area contributed by atoms with Gasteiger partial charge in [-0.2, -0.15) is 0 Å². The Balaban J connectivity index is 1.41. The first kappa shape index (κ1) is 21.1. The SMILES string of the molecule is COc1ccc(OCCNC(=O)c2ccc(CN3C[C@H](C)O[C@@H](C)C3)cc2)cc1. The molecule has 1 N–H and O–H groups in total. The van der Waals surface area contributed by atoms with E-state index < -0.39 is 0 Å². The van der Waals surface area contributed by atoms with E-state index in [9.17, 15) is 4.79 Å². The fourth-order valence-electron chi connectivity index (χ4n) is 3.54. The third-order valence-corrected chi connectivity index (χ3v) is 4.83. The molecule has 1 aliphatic heterocycles. The van der Waals surface area contributed by atoms with Gasteiger partial charge in [0.1, 0.15) is 18.1 Å². The van der Waals surface area contributed by atoms with Crippen LogP contribution < -0.4 is 14.8 Å². The normalized spacial score (nSPS) is 19.6. The average Bonchev–Trinajstić information content (AvgIpc) is 2.71. The van der Waals surface area contributed by atoms with Gasteiger partial charge in [0.15, 0.2) is 0 Å². The molecule has 0 bridgehead atoms. The minimum Gasteiger partial charge on any atom is -0.497 e. The van der Waals surface area contributed by atoms with E-state index in [4.69, 9.17) is 14.2 Å². The third-order valence-electron chi connectivity index (χ3n) is 4.83. The molecule has 0 unspecified atom stereocenters. The van der Waals surface area contributed by atoms with Crippen molar-refractivity contribution < 1.29 is 19.0 Å². The molecule has 6 heteroatoms. The number of hydrogen-bond acceptors (Lipinski definition) is 5. The number of carbonyl (C=O) groups is 1. The third kappa shape index (κ3) is 6.48. The van der Waals surface area contributed by atoms with Crippen LogP contribution in [-0.4, -0.2) is 56.4 Å². The van der Waals surface area contributed by atoms with Crippen LogP contribution in [0.4, 0.5) is 0 Å². The van der Waals surface area contributed by atoms with Crippen LogP contribution in [0.25, 0.3) is 0 Å². The molecule has 2 aromatic rings. The maximum atomic E-state index is 12.3. The highest BCUT2D eigenvalue weighted by atomic mass is 16.5. The number of benzene rings is 2. The van der Waals surface area contributed by atoms with Crippen molar-refractivity contribution >= 4 is 5.91 Å². The van der Waals surface area contributed by atoms with E-state index in [-0.39, 0.29) is 18.1 Å². The molecule has 0 aromatic heterocycles. The molecule has 0 aliphatic carbocycles. The highest BCUT2D eigenvalue weighted by Crippen LogP contribution is 2.17. The van der Waals surface area contributed by atoms with Gasteiger partial charge in [0.05, 0.1) is 25.9 Å². The first-order valence-electron chi connectivity index (χ1n) is 10.1. The number of ether oxygens (including phenoxy) is 3. The van der Waals surface area contributed by atoms with E-state index in [1.54, 1.807) is 7.11 Å². The molecule has 3 rings (SSSR count). The maximum absolute atomic E-state index is 12.3. The molecule has 1 aliphatic rings. The lowest BCUT2D eigenvalue weighted by Gasteiger charge is -2.35. The van der Waals surface area contributed by atoms with Gasteiger partial charge in [-0.3, -0.25) is 9.69 Å². The predicted octanol–water partition coefficient (Wildman–Crippen LogP) is 3.11. The molecule has 1 heterocycles. The van der Waals surface area contributed by atoms with Gasteiger partial charge in [0.2, 0.25) is 0 Å². The molecule has 1 fully saturated rings. The van der Waals surface area contributed by atoms with Gasteiger partial charge in [0.25, 0.3) is 5.91 Å². The summed E-state index contributed by atoms with van der Waals surface area (Å²) in [6.07, 6.45) is 0.507. The number of nitrogens with one attached hydrogen (secondary N) is 1. The van der Waals surface area contributed by atoms with Crippen LogP contribution in [0.2, 0.25) is 0 Å². The summed E-state index contributed by atoms with van der Waals surface area (Å²) in [5.74, 6) is 1.44. The Labute approximate surface area is 172 Å². The van der Waals surface area contributed by atoms with Crippen molar-refractivity contribution in [2.75, 3.05) is 33.4 Å². The van der Waals surface area contributed by atoms with E-state index in [0.717, 1.165) is 31.1 Å². The van der Waals surface area contributed by atoms with Crippen molar-refractivity contribution in [3.05, 3.63) is 59.7 Å². The summed E-state index contributed by atoms with van der Waals surface area (Å²) in [5.41, 5.74) is 1.85. The van der Waals surface area contributed by atoms with Crippen molar-refractivity contribution in [2.45, 2.75) is 32.6 Å². The largest absolute Gasteiger partial charge is 0.497 e. The zero-order valence-electron chi connectivity index (χ0n) is 17.4. The molecule has 0 spiro atoms. The monoisotopic (exact) mass is 398 g/mol. The Morgan fingerprint density at radius 1 is 1.03 bits per heavy atom. The van der Waals surface area contributed by atoms with Crippen LogP contribution in [-0.2, 0) is 11.3 Å². The van der Waals surface area contributed by atoms with Crippen LogP contribution in [0.1, 0.15) is 29.8 Å². The highest BCUT2D eigenvalue weighted by Gasteiger charge is 2.22. The van der Waals surface area contributed by atoms with Crippen molar-refractivity contribution in [3.8, 4) is 11.5 Å². The van der Waals surface area contributed by atoms with Crippen LogP contribution >= 0.6 is 0 Å². The van der Waals surface area contributed by atoms with E-state index in [0.29, 0.717) is 18.7 Å². The molecule has 2 aromatic carbocycles. The Morgan fingerprint density at radius 3 is 2.28 bits per heavy atom. The first-order chi connectivity index (χ1) is 14.0. The van der Waals surface area contributed by atoms with E-state index >= 15 is 0 Å². The number of rotatable bonds is 8. The summed E-state index contributed by atoms with van der Waals surface area (Å²) in [7, 11) is 1.63. The van der Waals surface area contributed by atoms with Gasteiger partial charge in [-0.05, 0) is 55.8 Å². The van der Waals surface area contributed by atoms with Crippen molar-refractivity contribution in [2.24, 2.45) is 0 Å². The fourth-order valence-corrected chi connectivity index (χ4v) is 3.54. The predicted molar refractivity (Wildman–Crippen MR) is 113 cm³/mol.